The predicted molar refractivity (Wildman–Crippen MR) is 74.1 cm³/mol. The normalized spacial score (nSPS) is 18.9. The van der Waals surface area contributed by atoms with Crippen LogP contribution in [-0.2, 0) is 4.79 Å². The smallest absolute Gasteiger partial charge is 0.228 e. The van der Waals surface area contributed by atoms with Crippen LogP contribution >= 0.6 is 31.9 Å². The molecule has 8 heteroatoms. The summed E-state index contributed by atoms with van der Waals surface area (Å²) in [7, 11) is 0. The van der Waals surface area contributed by atoms with E-state index in [0.717, 1.165) is 4.47 Å². The van der Waals surface area contributed by atoms with E-state index in [-0.39, 0.29) is 11.8 Å². The minimum absolute atomic E-state index is 0.00913. The summed E-state index contributed by atoms with van der Waals surface area (Å²) in [6, 6.07) is 3.61. The molecule has 0 aromatic carbocycles. The van der Waals surface area contributed by atoms with Gasteiger partial charge in [-0.1, -0.05) is 5.11 Å². The standard InChI is InChI=1S/C10H9Br2N5O/c11-7-1-2-8(15-10(7)12)17-5-6(3-9(17)18)4-14-16-13/h1-2,6H,3-5H2. The number of carbonyl (C=O) groups excluding carboxylic acids is 1. The summed E-state index contributed by atoms with van der Waals surface area (Å²) in [5.41, 5.74) is 8.28. The van der Waals surface area contributed by atoms with Crippen LogP contribution in [0.5, 0.6) is 0 Å². The fraction of sp³-hybridized carbons (Fsp3) is 0.400. The zero-order chi connectivity index (χ0) is 13.1. The number of nitrogens with zero attached hydrogens (tertiary/aromatic N) is 5. The molecule has 1 aromatic rings. The molecule has 2 heterocycles. The molecular weight excluding hydrogens is 366 g/mol. The predicted octanol–water partition coefficient (Wildman–Crippen LogP) is 3.27. The highest BCUT2D eigenvalue weighted by Gasteiger charge is 2.30. The lowest BCUT2D eigenvalue weighted by molar-refractivity contribution is -0.117. The second kappa shape index (κ2) is 5.69. The Morgan fingerprint density at radius 3 is 3.00 bits per heavy atom. The van der Waals surface area contributed by atoms with Crippen molar-refractivity contribution in [3.8, 4) is 0 Å². The number of hydrogen-bond donors (Lipinski definition) is 0. The van der Waals surface area contributed by atoms with E-state index in [4.69, 9.17) is 5.53 Å². The number of amides is 1. The Labute approximate surface area is 120 Å². The van der Waals surface area contributed by atoms with Crippen LogP contribution in [0.15, 0.2) is 26.3 Å². The lowest BCUT2D eigenvalue weighted by Crippen LogP contribution is -2.25. The van der Waals surface area contributed by atoms with Crippen LogP contribution in [-0.4, -0.2) is 24.0 Å². The van der Waals surface area contributed by atoms with Crippen LogP contribution < -0.4 is 4.90 Å². The number of halogens is 2. The zero-order valence-corrected chi connectivity index (χ0v) is 12.4. The Morgan fingerprint density at radius 2 is 2.33 bits per heavy atom. The molecule has 94 valence electrons. The first-order chi connectivity index (χ1) is 8.61. The van der Waals surface area contributed by atoms with Gasteiger partial charge in [-0.2, -0.15) is 0 Å². The molecule has 0 radical (unpaired) electrons. The Hall–Kier alpha value is -1.11. The Kier molecular flexibility index (Phi) is 4.21. The average molecular weight is 375 g/mol. The third-order valence-electron chi connectivity index (χ3n) is 2.67. The fourth-order valence-electron chi connectivity index (χ4n) is 1.84. The summed E-state index contributed by atoms with van der Waals surface area (Å²) >= 11 is 6.64. The van der Waals surface area contributed by atoms with Gasteiger partial charge in [0.05, 0.1) is 4.47 Å². The van der Waals surface area contributed by atoms with Gasteiger partial charge in [-0.05, 0) is 55.4 Å². The summed E-state index contributed by atoms with van der Waals surface area (Å²) in [5.74, 6) is 0.686. The molecule has 1 aromatic heterocycles. The van der Waals surface area contributed by atoms with Crippen LogP contribution in [0.3, 0.4) is 0 Å². The number of azide groups is 1. The van der Waals surface area contributed by atoms with Crippen LogP contribution in [0.25, 0.3) is 10.4 Å². The van der Waals surface area contributed by atoms with Gasteiger partial charge in [0.25, 0.3) is 0 Å². The summed E-state index contributed by atoms with van der Waals surface area (Å²) in [6.45, 7) is 0.884. The summed E-state index contributed by atoms with van der Waals surface area (Å²) in [6.07, 6.45) is 0.397. The van der Waals surface area contributed by atoms with Gasteiger partial charge in [-0.3, -0.25) is 9.69 Å². The third-order valence-corrected chi connectivity index (χ3v) is 4.45. The van der Waals surface area contributed by atoms with E-state index in [1.54, 1.807) is 11.0 Å². The maximum atomic E-state index is 11.9. The summed E-state index contributed by atoms with van der Waals surface area (Å²) < 4.78 is 1.50. The first-order valence-corrected chi connectivity index (χ1v) is 6.83. The maximum absolute atomic E-state index is 11.9. The van der Waals surface area contributed by atoms with E-state index in [1.165, 1.54) is 0 Å². The highest BCUT2D eigenvalue weighted by molar-refractivity contribution is 9.13. The van der Waals surface area contributed by atoms with Crippen LogP contribution in [0.2, 0.25) is 0 Å². The largest absolute Gasteiger partial charge is 0.296 e. The molecule has 0 bridgehead atoms. The lowest BCUT2D eigenvalue weighted by Gasteiger charge is -2.15. The molecule has 0 saturated carbocycles. The monoisotopic (exact) mass is 373 g/mol. The molecule has 0 N–H and O–H groups in total. The minimum Gasteiger partial charge on any atom is -0.296 e. The second-order valence-electron chi connectivity index (χ2n) is 3.93. The number of carbonyl (C=O) groups is 1. The quantitative estimate of drug-likeness (QED) is 0.352. The minimum atomic E-state index is 0.00913. The molecule has 1 unspecified atom stereocenters. The molecule has 0 aliphatic carbocycles. The van der Waals surface area contributed by atoms with Crippen molar-refractivity contribution in [2.24, 2.45) is 11.0 Å². The van der Waals surface area contributed by atoms with Gasteiger partial charge in [-0.25, -0.2) is 4.98 Å². The van der Waals surface area contributed by atoms with Gasteiger partial charge < -0.3 is 0 Å². The Morgan fingerprint density at radius 1 is 1.56 bits per heavy atom. The van der Waals surface area contributed by atoms with E-state index >= 15 is 0 Å². The van der Waals surface area contributed by atoms with Gasteiger partial charge in [0.1, 0.15) is 10.4 Å². The Balaban J connectivity index is 2.16. The molecule has 1 amide bonds. The first-order valence-electron chi connectivity index (χ1n) is 5.25. The molecule has 6 nitrogen and oxygen atoms in total. The van der Waals surface area contributed by atoms with Gasteiger partial charge in [0.2, 0.25) is 5.91 Å². The van der Waals surface area contributed by atoms with E-state index in [9.17, 15) is 4.79 Å². The zero-order valence-electron chi connectivity index (χ0n) is 9.25. The van der Waals surface area contributed by atoms with E-state index in [1.807, 2.05) is 6.07 Å². The lowest BCUT2D eigenvalue weighted by atomic mass is 10.1. The maximum Gasteiger partial charge on any atom is 0.228 e. The molecule has 2 rings (SSSR count). The van der Waals surface area contributed by atoms with Crippen molar-refractivity contribution in [3.63, 3.8) is 0 Å². The van der Waals surface area contributed by atoms with Crippen molar-refractivity contribution in [2.75, 3.05) is 18.0 Å². The third kappa shape index (κ3) is 2.82. The molecule has 18 heavy (non-hydrogen) atoms. The van der Waals surface area contributed by atoms with Crippen molar-refractivity contribution in [3.05, 3.63) is 31.7 Å². The second-order valence-corrected chi connectivity index (χ2v) is 5.54. The molecule has 0 spiro atoms. The van der Waals surface area contributed by atoms with Crippen LogP contribution in [0, 0.1) is 5.92 Å². The van der Waals surface area contributed by atoms with Crippen molar-refractivity contribution < 1.29 is 4.79 Å². The van der Waals surface area contributed by atoms with Crippen LogP contribution in [0.1, 0.15) is 6.42 Å². The SMILES string of the molecule is [N-]=[N+]=NCC1CC(=O)N(c2ccc(Br)c(Br)n2)C1. The van der Waals surface area contributed by atoms with Crippen molar-refractivity contribution in [1.29, 1.82) is 0 Å². The van der Waals surface area contributed by atoms with Gasteiger partial charge in [0.15, 0.2) is 0 Å². The van der Waals surface area contributed by atoms with Crippen LogP contribution in [0.4, 0.5) is 5.82 Å². The molecule has 1 atom stereocenters. The fourth-order valence-corrected chi connectivity index (χ4v) is 2.37. The van der Waals surface area contributed by atoms with Crippen molar-refractivity contribution in [1.82, 2.24) is 4.98 Å². The first kappa shape index (κ1) is 13.3. The number of rotatable bonds is 3. The van der Waals surface area contributed by atoms with E-state index in [0.29, 0.717) is 29.9 Å². The van der Waals surface area contributed by atoms with Crippen molar-refractivity contribution in [2.45, 2.75) is 6.42 Å². The van der Waals surface area contributed by atoms with E-state index in [2.05, 4.69) is 46.9 Å². The number of hydrogen-bond acceptors (Lipinski definition) is 3. The summed E-state index contributed by atoms with van der Waals surface area (Å²) in [5, 5.41) is 3.51. The molecular formula is C10H9Br2N5O. The molecule has 1 fully saturated rings. The van der Waals surface area contributed by atoms with Gasteiger partial charge in [0, 0.05) is 24.4 Å². The average Bonchev–Trinajstić information content (AvgIpc) is 2.71. The number of aromatic nitrogens is 1. The highest BCUT2D eigenvalue weighted by atomic mass is 79.9. The number of anilines is 1. The molecule has 1 aliphatic rings. The summed E-state index contributed by atoms with van der Waals surface area (Å²) in [4.78, 5) is 20.5. The Bertz CT molecular complexity index is 529. The van der Waals surface area contributed by atoms with Gasteiger partial charge in [-0.15, -0.1) is 0 Å². The molecule has 1 saturated heterocycles. The van der Waals surface area contributed by atoms with Gasteiger partial charge >= 0.3 is 0 Å². The van der Waals surface area contributed by atoms with E-state index < -0.39 is 0 Å². The number of pyridine rings is 1. The van der Waals surface area contributed by atoms with Crippen molar-refractivity contribution >= 4 is 43.6 Å². The highest BCUT2D eigenvalue weighted by Crippen LogP contribution is 2.28. The topological polar surface area (TPSA) is 82.0 Å². The molecule has 1 aliphatic heterocycles.